The van der Waals surface area contributed by atoms with Crippen LogP contribution >= 0.6 is 11.6 Å². The van der Waals surface area contributed by atoms with E-state index in [1.54, 1.807) is 13.8 Å². The Morgan fingerprint density at radius 1 is 1.40 bits per heavy atom. The molecule has 4 heteroatoms. The van der Waals surface area contributed by atoms with Crippen molar-refractivity contribution in [3.05, 3.63) is 34.9 Å². The number of hydrogen-bond acceptors (Lipinski definition) is 2. The van der Waals surface area contributed by atoms with E-state index in [1.165, 1.54) is 0 Å². The van der Waals surface area contributed by atoms with E-state index >= 15 is 0 Å². The normalized spacial score (nSPS) is 29.9. The molecule has 0 aliphatic carbocycles. The predicted molar refractivity (Wildman–Crippen MR) is 78.5 cm³/mol. The molecule has 0 radical (unpaired) electrons. The molecule has 1 aromatic rings. The van der Waals surface area contributed by atoms with Crippen LogP contribution in [0, 0.1) is 0 Å². The van der Waals surface area contributed by atoms with Gasteiger partial charge in [0.2, 0.25) is 5.91 Å². The van der Waals surface area contributed by atoms with Gasteiger partial charge in [-0.1, -0.05) is 23.7 Å². The van der Waals surface area contributed by atoms with Crippen LogP contribution in [0.15, 0.2) is 24.3 Å². The van der Waals surface area contributed by atoms with Gasteiger partial charge >= 0.3 is 0 Å². The summed E-state index contributed by atoms with van der Waals surface area (Å²) in [5.41, 5.74) is -0.0462. The second kappa shape index (κ2) is 4.47. The van der Waals surface area contributed by atoms with Gasteiger partial charge < -0.3 is 10.0 Å². The Bertz CT molecular complexity index is 552. The maximum atomic E-state index is 12.4. The van der Waals surface area contributed by atoms with E-state index in [0.717, 1.165) is 24.8 Å². The molecule has 1 aromatic carbocycles. The summed E-state index contributed by atoms with van der Waals surface area (Å²) in [6.45, 7) is 3.58. The van der Waals surface area contributed by atoms with E-state index in [2.05, 4.69) is 0 Å². The zero-order valence-corrected chi connectivity index (χ0v) is 12.7. The molecule has 0 saturated carbocycles. The fourth-order valence-electron chi connectivity index (χ4n) is 3.89. The largest absolute Gasteiger partial charge is 0.388 e. The summed E-state index contributed by atoms with van der Waals surface area (Å²) in [4.78, 5) is 14.3. The van der Waals surface area contributed by atoms with Gasteiger partial charge in [-0.05, 0) is 50.8 Å². The van der Waals surface area contributed by atoms with Crippen LogP contribution in [0.4, 0.5) is 0 Å². The van der Waals surface area contributed by atoms with Gasteiger partial charge in [-0.2, -0.15) is 0 Å². The summed E-state index contributed by atoms with van der Waals surface area (Å²) < 4.78 is 0. The van der Waals surface area contributed by atoms with Gasteiger partial charge in [0.1, 0.15) is 0 Å². The van der Waals surface area contributed by atoms with E-state index in [-0.39, 0.29) is 17.5 Å². The summed E-state index contributed by atoms with van der Waals surface area (Å²) in [6.07, 6.45) is 3.10. The molecule has 1 amide bonds. The Morgan fingerprint density at radius 2 is 2.15 bits per heavy atom. The monoisotopic (exact) mass is 293 g/mol. The molecule has 0 aromatic heterocycles. The number of halogens is 1. The summed E-state index contributed by atoms with van der Waals surface area (Å²) >= 11 is 6.12. The van der Waals surface area contributed by atoms with Crippen molar-refractivity contribution in [2.75, 3.05) is 0 Å². The average Bonchev–Trinajstić information content (AvgIpc) is 2.89. The molecule has 2 fully saturated rings. The standard InChI is InChI=1S/C16H20ClNO2/c1-15(2,20)13-6-8-16(9-7-14(19)18(13)16)11-4-3-5-12(17)10-11/h3-5,10,13,20H,6-9H2,1-2H3/t13-,16-/m1/s1. The van der Waals surface area contributed by atoms with Gasteiger partial charge in [0, 0.05) is 11.4 Å². The number of benzene rings is 1. The lowest BCUT2D eigenvalue weighted by atomic mass is 9.86. The summed E-state index contributed by atoms with van der Waals surface area (Å²) in [5.74, 6) is 0.148. The highest BCUT2D eigenvalue weighted by molar-refractivity contribution is 6.30. The van der Waals surface area contributed by atoms with Gasteiger partial charge in [0.25, 0.3) is 0 Å². The van der Waals surface area contributed by atoms with Crippen LogP contribution < -0.4 is 0 Å². The summed E-state index contributed by atoms with van der Waals surface area (Å²) in [7, 11) is 0. The van der Waals surface area contributed by atoms with E-state index in [0.29, 0.717) is 11.4 Å². The molecule has 3 nitrogen and oxygen atoms in total. The molecular formula is C16H20ClNO2. The van der Waals surface area contributed by atoms with Crippen LogP contribution in [-0.2, 0) is 10.3 Å². The van der Waals surface area contributed by atoms with Crippen LogP contribution in [-0.4, -0.2) is 27.6 Å². The summed E-state index contributed by atoms with van der Waals surface area (Å²) in [6, 6.07) is 7.68. The van der Waals surface area contributed by atoms with Crippen LogP contribution in [0.5, 0.6) is 0 Å². The van der Waals surface area contributed by atoms with Crippen LogP contribution in [0.1, 0.15) is 45.1 Å². The molecule has 20 heavy (non-hydrogen) atoms. The molecule has 2 heterocycles. The highest BCUT2D eigenvalue weighted by atomic mass is 35.5. The SMILES string of the molecule is CC(C)(O)[C@H]1CC[C@]2(c3cccc(Cl)c3)CCC(=O)N12. The Hall–Kier alpha value is -1.06. The second-order valence-electron chi connectivity index (χ2n) is 6.51. The maximum absolute atomic E-state index is 12.4. The topological polar surface area (TPSA) is 40.5 Å². The molecule has 2 saturated heterocycles. The average molecular weight is 294 g/mol. The zero-order valence-electron chi connectivity index (χ0n) is 11.9. The fourth-order valence-corrected chi connectivity index (χ4v) is 4.08. The minimum absolute atomic E-state index is 0.114. The number of carbonyl (C=O) groups excluding carboxylic acids is 1. The van der Waals surface area contributed by atoms with E-state index in [4.69, 9.17) is 11.6 Å². The Morgan fingerprint density at radius 3 is 2.80 bits per heavy atom. The van der Waals surface area contributed by atoms with Crippen LogP contribution in [0.2, 0.25) is 5.02 Å². The number of aliphatic hydroxyl groups is 1. The van der Waals surface area contributed by atoms with Gasteiger partial charge in [-0.25, -0.2) is 0 Å². The fraction of sp³-hybridized carbons (Fsp3) is 0.562. The Labute approximate surface area is 124 Å². The Kier molecular flexibility index (Phi) is 3.11. The van der Waals surface area contributed by atoms with Crippen molar-refractivity contribution in [3.8, 4) is 0 Å². The second-order valence-corrected chi connectivity index (χ2v) is 6.95. The number of nitrogens with zero attached hydrogens (tertiary/aromatic N) is 1. The first-order valence-electron chi connectivity index (χ1n) is 7.15. The van der Waals surface area contributed by atoms with Crippen LogP contribution in [0.3, 0.4) is 0 Å². The highest BCUT2D eigenvalue weighted by Gasteiger charge is 2.56. The minimum atomic E-state index is -0.875. The first-order chi connectivity index (χ1) is 9.34. The van der Waals surface area contributed by atoms with Crippen molar-refractivity contribution in [2.24, 2.45) is 0 Å². The number of hydrogen-bond donors (Lipinski definition) is 1. The first kappa shape index (κ1) is 13.9. The molecule has 0 bridgehead atoms. The third-order valence-corrected chi connectivity index (χ3v) is 5.04. The quantitative estimate of drug-likeness (QED) is 0.910. The van der Waals surface area contributed by atoms with E-state index in [9.17, 15) is 9.90 Å². The van der Waals surface area contributed by atoms with Gasteiger partial charge in [0.05, 0.1) is 17.2 Å². The van der Waals surface area contributed by atoms with E-state index in [1.807, 2.05) is 29.2 Å². The smallest absolute Gasteiger partial charge is 0.223 e. The lowest BCUT2D eigenvalue weighted by Gasteiger charge is -2.40. The van der Waals surface area contributed by atoms with E-state index < -0.39 is 5.60 Å². The molecule has 2 aliphatic heterocycles. The molecule has 108 valence electrons. The Balaban J connectivity index is 2.07. The molecule has 3 rings (SSSR count). The molecule has 2 aliphatic rings. The van der Waals surface area contributed by atoms with Gasteiger partial charge in [-0.15, -0.1) is 0 Å². The van der Waals surface area contributed by atoms with Crippen molar-refractivity contribution >= 4 is 17.5 Å². The van der Waals surface area contributed by atoms with Crippen molar-refractivity contribution in [3.63, 3.8) is 0 Å². The van der Waals surface area contributed by atoms with Crippen molar-refractivity contribution in [2.45, 2.75) is 56.7 Å². The molecule has 2 atom stereocenters. The van der Waals surface area contributed by atoms with Crippen molar-refractivity contribution in [1.29, 1.82) is 0 Å². The third kappa shape index (κ3) is 1.95. The number of rotatable bonds is 2. The highest BCUT2D eigenvalue weighted by Crippen LogP contribution is 2.52. The van der Waals surface area contributed by atoms with Crippen molar-refractivity contribution in [1.82, 2.24) is 4.90 Å². The molecular weight excluding hydrogens is 274 g/mol. The summed E-state index contributed by atoms with van der Waals surface area (Å²) in [5, 5.41) is 11.1. The third-order valence-electron chi connectivity index (χ3n) is 4.80. The number of fused-ring (bicyclic) bond motifs is 1. The lowest BCUT2D eigenvalue weighted by molar-refractivity contribution is -0.137. The minimum Gasteiger partial charge on any atom is -0.388 e. The number of amides is 1. The lowest BCUT2D eigenvalue weighted by Crippen LogP contribution is -2.51. The van der Waals surface area contributed by atoms with Crippen molar-refractivity contribution < 1.29 is 9.90 Å². The zero-order chi connectivity index (χ0) is 14.5. The van der Waals surface area contributed by atoms with Gasteiger partial charge in [0.15, 0.2) is 0 Å². The molecule has 0 unspecified atom stereocenters. The van der Waals surface area contributed by atoms with Gasteiger partial charge in [-0.3, -0.25) is 4.79 Å². The number of carbonyl (C=O) groups is 1. The first-order valence-corrected chi connectivity index (χ1v) is 7.53. The van der Waals surface area contributed by atoms with Crippen LogP contribution in [0.25, 0.3) is 0 Å². The molecule has 0 spiro atoms. The maximum Gasteiger partial charge on any atom is 0.223 e. The molecule has 1 N–H and O–H groups in total. The predicted octanol–water partition coefficient (Wildman–Crippen LogP) is 3.09.